The molecule has 2 aliphatic heterocycles. The average Bonchev–Trinajstić information content (AvgIpc) is 2.85. The van der Waals surface area contributed by atoms with E-state index in [1.807, 2.05) is 0 Å². The first-order valence-corrected chi connectivity index (χ1v) is 10.9. The second-order valence-electron chi connectivity index (χ2n) is 9.02. The van der Waals surface area contributed by atoms with E-state index in [4.69, 9.17) is 23.9 Å². The molecule has 25 heavy (non-hydrogen) atoms. The number of fused-ring (bicyclic) bond motifs is 1. The highest BCUT2D eigenvalue weighted by Crippen LogP contribution is 2.55. The standard InChI is InChI=1S/C17H33N3O4Si/c1-16(2,3)25(17(4,5)6)22-11-13-15(24-25)14(21-7)12(23-13)9-8-10-19-20-18/h12-15H,8-11H2,1-7H3/t12-,13+,14-,15+/m0/s1. The first-order valence-electron chi connectivity index (χ1n) is 9.08. The van der Waals surface area contributed by atoms with Crippen LogP contribution in [0, 0.1) is 0 Å². The Morgan fingerprint density at radius 3 is 2.36 bits per heavy atom. The summed E-state index contributed by atoms with van der Waals surface area (Å²) in [5.41, 5.74) is 8.41. The molecule has 0 aliphatic carbocycles. The van der Waals surface area contributed by atoms with Gasteiger partial charge >= 0.3 is 8.56 Å². The van der Waals surface area contributed by atoms with Gasteiger partial charge in [-0.2, -0.15) is 0 Å². The lowest BCUT2D eigenvalue weighted by Crippen LogP contribution is -2.65. The zero-order valence-electron chi connectivity index (χ0n) is 16.6. The van der Waals surface area contributed by atoms with Gasteiger partial charge in [-0.25, -0.2) is 0 Å². The average molecular weight is 372 g/mol. The van der Waals surface area contributed by atoms with Gasteiger partial charge in [0, 0.05) is 28.6 Å². The fourth-order valence-electron chi connectivity index (χ4n) is 4.34. The van der Waals surface area contributed by atoms with Crippen LogP contribution in [0.25, 0.3) is 10.4 Å². The lowest BCUT2D eigenvalue weighted by molar-refractivity contribution is -0.0744. The molecule has 0 aromatic carbocycles. The van der Waals surface area contributed by atoms with Gasteiger partial charge in [-0.05, 0) is 18.4 Å². The summed E-state index contributed by atoms with van der Waals surface area (Å²) < 4.78 is 25.2. The molecule has 0 bridgehead atoms. The van der Waals surface area contributed by atoms with E-state index in [9.17, 15) is 0 Å². The van der Waals surface area contributed by atoms with Crippen molar-refractivity contribution in [1.82, 2.24) is 0 Å². The molecular weight excluding hydrogens is 338 g/mol. The third-order valence-corrected chi connectivity index (χ3v) is 10.3. The molecule has 4 atom stereocenters. The fourth-order valence-corrected chi connectivity index (χ4v) is 9.30. The van der Waals surface area contributed by atoms with Crippen LogP contribution in [0.3, 0.4) is 0 Å². The molecule has 0 amide bonds. The molecule has 2 fully saturated rings. The van der Waals surface area contributed by atoms with Gasteiger partial charge in [-0.1, -0.05) is 46.7 Å². The van der Waals surface area contributed by atoms with E-state index >= 15 is 0 Å². The van der Waals surface area contributed by atoms with E-state index in [1.165, 1.54) is 0 Å². The molecule has 7 nitrogen and oxygen atoms in total. The van der Waals surface area contributed by atoms with Gasteiger partial charge in [0.15, 0.2) is 0 Å². The summed E-state index contributed by atoms with van der Waals surface area (Å²) in [5.74, 6) is 0. The molecule has 0 radical (unpaired) electrons. The predicted octanol–water partition coefficient (Wildman–Crippen LogP) is 4.32. The van der Waals surface area contributed by atoms with E-state index in [-0.39, 0.29) is 34.5 Å². The third kappa shape index (κ3) is 3.89. The number of rotatable bonds is 5. The quantitative estimate of drug-likeness (QED) is 0.237. The maximum atomic E-state index is 8.41. The minimum absolute atomic E-state index is 0.0535. The third-order valence-electron chi connectivity index (χ3n) is 5.22. The zero-order chi connectivity index (χ0) is 18.9. The summed E-state index contributed by atoms with van der Waals surface area (Å²) in [6.45, 7) is 14.3. The molecule has 144 valence electrons. The molecular formula is C17H33N3O4Si. The summed E-state index contributed by atoms with van der Waals surface area (Å²) in [6, 6.07) is 0. The van der Waals surface area contributed by atoms with Crippen molar-refractivity contribution in [1.29, 1.82) is 0 Å². The molecule has 0 unspecified atom stereocenters. The van der Waals surface area contributed by atoms with Gasteiger partial charge in [0.25, 0.3) is 0 Å². The van der Waals surface area contributed by atoms with Crippen molar-refractivity contribution in [2.75, 3.05) is 20.3 Å². The van der Waals surface area contributed by atoms with Crippen LogP contribution in [0.5, 0.6) is 0 Å². The molecule has 8 heteroatoms. The van der Waals surface area contributed by atoms with Gasteiger partial charge in [-0.3, -0.25) is 0 Å². The Balaban J connectivity index is 2.18. The summed E-state index contributed by atoms with van der Waals surface area (Å²) >= 11 is 0. The molecule has 2 aliphatic rings. The van der Waals surface area contributed by atoms with Crippen molar-refractivity contribution in [2.24, 2.45) is 5.11 Å². The van der Waals surface area contributed by atoms with E-state index in [1.54, 1.807) is 7.11 Å². The number of hydrogen-bond acceptors (Lipinski definition) is 5. The van der Waals surface area contributed by atoms with Gasteiger partial charge in [-0.15, -0.1) is 0 Å². The zero-order valence-corrected chi connectivity index (χ0v) is 17.6. The van der Waals surface area contributed by atoms with E-state index in [0.717, 1.165) is 12.8 Å². The summed E-state index contributed by atoms with van der Waals surface area (Å²) in [5, 5.41) is 3.47. The topological polar surface area (TPSA) is 85.7 Å². The van der Waals surface area contributed by atoms with Crippen LogP contribution in [0.4, 0.5) is 0 Å². The Hall–Kier alpha value is -0.633. The first-order chi connectivity index (χ1) is 11.6. The van der Waals surface area contributed by atoms with Crippen LogP contribution in [0.15, 0.2) is 5.11 Å². The number of methoxy groups -OCH3 is 1. The largest absolute Gasteiger partial charge is 0.391 e. The molecule has 0 aromatic rings. The van der Waals surface area contributed by atoms with Gasteiger partial charge in [0.2, 0.25) is 0 Å². The highest BCUT2D eigenvalue weighted by Gasteiger charge is 2.64. The van der Waals surface area contributed by atoms with Crippen LogP contribution in [0.1, 0.15) is 54.4 Å². The van der Waals surface area contributed by atoms with Crippen LogP contribution < -0.4 is 0 Å². The molecule has 2 saturated heterocycles. The molecule has 0 aromatic heterocycles. The second-order valence-corrected chi connectivity index (χ2v) is 13.8. The second kappa shape index (κ2) is 7.54. The molecule has 0 N–H and O–H groups in total. The number of azide groups is 1. The van der Waals surface area contributed by atoms with Gasteiger partial charge in [0.05, 0.1) is 12.7 Å². The van der Waals surface area contributed by atoms with E-state index in [0.29, 0.717) is 13.2 Å². The van der Waals surface area contributed by atoms with Crippen LogP contribution >= 0.6 is 0 Å². The number of hydrogen-bond donors (Lipinski definition) is 0. The SMILES string of the molecule is CO[C@@H]1[C@@H]2O[Si](C(C)(C)C)(C(C)(C)C)OC[C@H]2O[C@H]1CCCN=[N+]=[N-]. The number of nitrogens with zero attached hydrogens (tertiary/aromatic N) is 3. The lowest BCUT2D eigenvalue weighted by atomic mass is 10.0. The highest BCUT2D eigenvalue weighted by molar-refractivity contribution is 6.73. The predicted molar refractivity (Wildman–Crippen MR) is 98.7 cm³/mol. The number of ether oxygens (including phenoxy) is 2. The monoisotopic (exact) mass is 371 g/mol. The Bertz CT molecular complexity index is 497. The first kappa shape index (κ1) is 20.7. The van der Waals surface area contributed by atoms with Crippen molar-refractivity contribution in [3.63, 3.8) is 0 Å². The van der Waals surface area contributed by atoms with Crippen molar-refractivity contribution in [3.8, 4) is 0 Å². The minimum Gasteiger partial charge on any atom is -0.391 e. The highest BCUT2D eigenvalue weighted by atomic mass is 28.4. The molecule has 0 spiro atoms. The Labute approximate surface area is 152 Å². The summed E-state index contributed by atoms with van der Waals surface area (Å²) in [4.78, 5) is 2.80. The maximum Gasteiger partial charge on any atom is 0.349 e. The maximum absolute atomic E-state index is 8.41. The Kier molecular flexibility index (Phi) is 6.24. The van der Waals surface area contributed by atoms with Crippen molar-refractivity contribution in [2.45, 2.75) is 88.9 Å². The van der Waals surface area contributed by atoms with Crippen LogP contribution in [-0.2, 0) is 18.3 Å². The van der Waals surface area contributed by atoms with Crippen LogP contribution in [-0.4, -0.2) is 53.2 Å². The summed E-state index contributed by atoms with van der Waals surface area (Å²) in [7, 11) is -0.815. The van der Waals surface area contributed by atoms with Gasteiger partial charge < -0.3 is 18.3 Å². The smallest absolute Gasteiger partial charge is 0.349 e. The molecule has 2 heterocycles. The summed E-state index contributed by atoms with van der Waals surface area (Å²) in [6.07, 6.45) is 1.19. The van der Waals surface area contributed by atoms with Crippen molar-refractivity contribution >= 4 is 8.56 Å². The minimum atomic E-state index is -2.53. The Morgan fingerprint density at radius 1 is 1.20 bits per heavy atom. The van der Waals surface area contributed by atoms with Crippen molar-refractivity contribution < 1.29 is 18.3 Å². The van der Waals surface area contributed by atoms with Crippen molar-refractivity contribution in [3.05, 3.63) is 10.4 Å². The van der Waals surface area contributed by atoms with Crippen LogP contribution in [0.2, 0.25) is 10.1 Å². The van der Waals surface area contributed by atoms with Gasteiger partial charge in [0.1, 0.15) is 18.3 Å². The molecule has 2 rings (SSSR count). The fraction of sp³-hybridized carbons (Fsp3) is 1.00. The van der Waals surface area contributed by atoms with E-state index in [2.05, 4.69) is 51.6 Å². The normalized spacial score (nSPS) is 32.1. The Morgan fingerprint density at radius 2 is 1.84 bits per heavy atom. The molecule has 0 saturated carbocycles. The van der Waals surface area contributed by atoms with E-state index < -0.39 is 8.56 Å². The lowest BCUT2D eigenvalue weighted by Gasteiger charge is -2.53.